The number of aryl methyl sites for hydroxylation is 1. The van der Waals surface area contributed by atoms with Crippen LogP contribution in [0.15, 0.2) is 66.1 Å². The summed E-state index contributed by atoms with van der Waals surface area (Å²) < 4.78 is 0. The number of thioether (sulfide) groups is 1. The van der Waals surface area contributed by atoms with Gasteiger partial charge in [0.05, 0.1) is 0 Å². The maximum absolute atomic E-state index is 12.7. The van der Waals surface area contributed by atoms with E-state index < -0.39 is 5.25 Å². The molecule has 0 aliphatic heterocycles. The van der Waals surface area contributed by atoms with Gasteiger partial charge in [-0.15, -0.1) is 0 Å². The van der Waals surface area contributed by atoms with Crippen molar-refractivity contribution in [1.82, 2.24) is 15.2 Å². The third-order valence-electron chi connectivity index (χ3n) is 3.28. The molecule has 3 rings (SSSR count). The van der Waals surface area contributed by atoms with E-state index in [1.165, 1.54) is 18.1 Å². The van der Waals surface area contributed by atoms with Crippen molar-refractivity contribution in [1.29, 1.82) is 0 Å². The van der Waals surface area contributed by atoms with Gasteiger partial charge in [-0.3, -0.25) is 9.89 Å². The van der Waals surface area contributed by atoms with Crippen LogP contribution in [-0.2, 0) is 4.79 Å². The molecule has 0 unspecified atom stereocenters. The molecule has 0 saturated carbocycles. The molecule has 0 aliphatic rings. The molecule has 1 aromatic heterocycles. The second-order valence-corrected chi connectivity index (χ2v) is 6.15. The van der Waals surface area contributed by atoms with E-state index in [-0.39, 0.29) is 5.91 Å². The molecule has 2 aromatic carbocycles. The standard InChI is InChI=1S/C17H16N4OS/c1-12-7-9-14(10-8-12)20-16(22)15(13-5-3-2-4-6-13)23-17-18-11-19-21-17/h2-11,15H,1H3,(H,20,22)(H,18,19,21)/t15-/m1/s1. The van der Waals surface area contributed by atoms with E-state index in [9.17, 15) is 4.79 Å². The fourth-order valence-electron chi connectivity index (χ4n) is 2.11. The van der Waals surface area contributed by atoms with Gasteiger partial charge in [-0.25, -0.2) is 4.98 Å². The maximum atomic E-state index is 12.7. The quantitative estimate of drug-likeness (QED) is 0.704. The SMILES string of the molecule is Cc1ccc(NC(=O)[C@H](Sc2ncn[nH]2)c2ccccc2)cc1. The van der Waals surface area contributed by atoms with Gasteiger partial charge in [-0.1, -0.05) is 59.8 Å². The molecule has 23 heavy (non-hydrogen) atoms. The smallest absolute Gasteiger partial charge is 0.242 e. The Bertz CT molecular complexity index is 757. The van der Waals surface area contributed by atoms with E-state index in [4.69, 9.17) is 0 Å². The summed E-state index contributed by atoms with van der Waals surface area (Å²) in [5, 5.41) is 9.77. The zero-order valence-electron chi connectivity index (χ0n) is 12.6. The van der Waals surface area contributed by atoms with Crippen LogP contribution in [0.1, 0.15) is 16.4 Å². The van der Waals surface area contributed by atoms with Crippen LogP contribution in [0, 0.1) is 6.92 Å². The lowest BCUT2D eigenvalue weighted by Crippen LogP contribution is -2.19. The van der Waals surface area contributed by atoms with Crippen LogP contribution in [0.3, 0.4) is 0 Å². The lowest BCUT2D eigenvalue weighted by molar-refractivity contribution is -0.115. The third kappa shape index (κ3) is 3.98. The van der Waals surface area contributed by atoms with Crippen LogP contribution in [0.4, 0.5) is 5.69 Å². The molecule has 3 aromatic rings. The lowest BCUT2D eigenvalue weighted by atomic mass is 10.1. The summed E-state index contributed by atoms with van der Waals surface area (Å²) in [6, 6.07) is 17.4. The number of hydrogen-bond acceptors (Lipinski definition) is 4. The number of aromatic nitrogens is 3. The van der Waals surface area contributed by atoms with Crippen molar-refractivity contribution in [2.24, 2.45) is 0 Å². The van der Waals surface area contributed by atoms with Crippen molar-refractivity contribution in [3.05, 3.63) is 72.1 Å². The van der Waals surface area contributed by atoms with Crippen molar-refractivity contribution < 1.29 is 4.79 Å². The Labute approximate surface area is 138 Å². The molecule has 0 fully saturated rings. The monoisotopic (exact) mass is 324 g/mol. The second-order valence-electron chi connectivity index (χ2n) is 5.05. The predicted octanol–water partition coefficient (Wildman–Crippen LogP) is 3.59. The maximum Gasteiger partial charge on any atom is 0.242 e. The first kappa shape index (κ1) is 15.3. The molecule has 1 amide bonds. The molecule has 5 nitrogen and oxygen atoms in total. The van der Waals surface area contributed by atoms with E-state index in [1.807, 2.05) is 61.5 Å². The van der Waals surface area contributed by atoms with Crippen LogP contribution >= 0.6 is 11.8 Å². The van der Waals surface area contributed by atoms with Gasteiger partial charge in [0.25, 0.3) is 0 Å². The first-order valence-corrected chi connectivity index (χ1v) is 8.05. The minimum Gasteiger partial charge on any atom is -0.325 e. The Hall–Kier alpha value is -2.60. The first-order valence-electron chi connectivity index (χ1n) is 7.17. The van der Waals surface area contributed by atoms with Crippen LogP contribution < -0.4 is 5.32 Å². The highest BCUT2D eigenvalue weighted by Crippen LogP contribution is 2.34. The van der Waals surface area contributed by atoms with E-state index in [0.29, 0.717) is 5.16 Å². The molecule has 0 aliphatic carbocycles. The van der Waals surface area contributed by atoms with Crippen LogP contribution in [0.2, 0.25) is 0 Å². The van der Waals surface area contributed by atoms with Gasteiger partial charge >= 0.3 is 0 Å². The Kier molecular flexibility index (Phi) is 4.73. The summed E-state index contributed by atoms with van der Waals surface area (Å²) >= 11 is 1.34. The van der Waals surface area contributed by atoms with Crippen molar-refractivity contribution in [3.63, 3.8) is 0 Å². The summed E-state index contributed by atoms with van der Waals surface area (Å²) in [7, 11) is 0. The minimum absolute atomic E-state index is 0.0959. The van der Waals surface area contributed by atoms with Gasteiger partial charge in [0.2, 0.25) is 5.91 Å². The van der Waals surface area contributed by atoms with Crippen molar-refractivity contribution >= 4 is 23.4 Å². The summed E-state index contributed by atoms with van der Waals surface area (Å²) in [5.74, 6) is -0.0959. The number of nitrogens with zero attached hydrogens (tertiary/aromatic N) is 2. The average molecular weight is 324 g/mol. The van der Waals surface area contributed by atoms with Gasteiger partial charge in [-0.05, 0) is 24.6 Å². The zero-order valence-corrected chi connectivity index (χ0v) is 13.4. The fourth-order valence-corrected chi connectivity index (χ4v) is 3.00. The zero-order chi connectivity index (χ0) is 16.1. The lowest BCUT2D eigenvalue weighted by Gasteiger charge is -2.15. The second kappa shape index (κ2) is 7.11. The molecule has 1 heterocycles. The highest BCUT2D eigenvalue weighted by molar-refractivity contribution is 8.00. The number of carbonyl (C=O) groups is 1. The topological polar surface area (TPSA) is 70.7 Å². The Morgan fingerprint density at radius 2 is 1.87 bits per heavy atom. The van der Waals surface area contributed by atoms with Gasteiger partial charge in [-0.2, -0.15) is 5.10 Å². The highest BCUT2D eigenvalue weighted by atomic mass is 32.2. The molecule has 0 saturated heterocycles. The number of aromatic amines is 1. The molecule has 0 radical (unpaired) electrons. The molecule has 2 N–H and O–H groups in total. The van der Waals surface area contributed by atoms with Gasteiger partial charge < -0.3 is 5.32 Å². The van der Waals surface area contributed by atoms with Gasteiger partial charge in [0, 0.05) is 5.69 Å². The third-order valence-corrected chi connectivity index (χ3v) is 4.42. The predicted molar refractivity (Wildman–Crippen MR) is 91.2 cm³/mol. The minimum atomic E-state index is -0.412. The van der Waals surface area contributed by atoms with E-state index in [0.717, 1.165) is 16.8 Å². The molecule has 0 spiro atoms. The first-order chi connectivity index (χ1) is 11.2. The van der Waals surface area contributed by atoms with Crippen LogP contribution in [-0.4, -0.2) is 21.1 Å². The van der Waals surface area contributed by atoms with Crippen LogP contribution in [0.25, 0.3) is 0 Å². The number of anilines is 1. The van der Waals surface area contributed by atoms with E-state index in [2.05, 4.69) is 20.5 Å². The Morgan fingerprint density at radius 1 is 1.13 bits per heavy atom. The number of nitrogens with one attached hydrogen (secondary N) is 2. The molecule has 116 valence electrons. The van der Waals surface area contributed by atoms with Crippen LogP contribution in [0.5, 0.6) is 0 Å². The molecule has 6 heteroatoms. The van der Waals surface area contributed by atoms with Crippen molar-refractivity contribution in [2.45, 2.75) is 17.3 Å². The molecular formula is C17H16N4OS. The molecular weight excluding hydrogens is 308 g/mol. The van der Waals surface area contributed by atoms with Gasteiger partial charge in [0.1, 0.15) is 11.6 Å². The molecule has 0 bridgehead atoms. The number of rotatable bonds is 5. The van der Waals surface area contributed by atoms with E-state index >= 15 is 0 Å². The summed E-state index contributed by atoms with van der Waals surface area (Å²) in [4.78, 5) is 16.8. The highest BCUT2D eigenvalue weighted by Gasteiger charge is 2.23. The molecule has 1 atom stereocenters. The number of benzene rings is 2. The fraction of sp³-hybridized carbons (Fsp3) is 0.118. The van der Waals surface area contributed by atoms with Crippen molar-refractivity contribution in [3.8, 4) is 0 Å². The summed E-state index contributed by atoms with van der Waals surface area (Å²) in [6.45, 7) is 2.01. The normalized spacial score (nSPS) is 11.9. The number of carbonyl (C=O) groups excluding carboxylic acids is 1. The largest absolute Gasteiger partial charge is 0.325 e. The Morgan fingerprint density at radius 3 is 2.52 bits per heavy atom. The number of hydrogen-bond donors (Lipinski definition) is 2. The van der Waals surface area contributed by atoms with E-state index in [1.54, 1.807) is 0 Å². The summed E-state index contributed by atoms with van der Waals surface area (Å²) in [6.07, 6.45) is 1.43. The van der Waals surface area contributed by atoms with Gasteiger partial charge in [0.15, 0.2) is 5.16 Å². The van der Waals surface area contributed by atoms with Crippen molar-refractivity contribution in [2.75, 3.05) is 5.32 Å². The Balaban J connectivity index is 1.82. The number of H-pyrrole nitrogens is 1. The number of amides is 1. The average Bonchev–Trinajstić information content (AvgIpc) is 3.09. The summed E-state index contributed by atoms with van der Waals surface area (Å²) in [5.41, 5.74) is 2.84.